The van der Waals surface area contributed by atoms with Crippen molar-refractivity contribution >= 4 is 17.3 Å². The zero-order valence-electron chi connectivity index (χ0n) is 13.9. The molecule has 0 fully saturated rings. The number of anilines is 1. The Labute approximate surface area is 146 Å². The van der Waals surface area contributed by atoms with E-state index in [4.69, 9.17) is 0 Å². The number of carbonyl (C=O) groups is 1. The Hall–Kier alpha value is -3.41. The van der Waals surface area contributed by atoms with Gasteiger partial charge in [0, 0.05) is 23.8 Å². The number of hydrazone groups is 1. The molecule has 0 atom stereocenters. The fourth-order valence-corrected chi connectivity index (χ4v) is 2.28. The first kappa shape index (κ1) is 16.4. The highest BCUT2D eigenvalue weighted by Crippen LogP contribution is 2.10. The van der Waals surface area contributed by atoms with E-state index in [9.17, 15) is 4.79 Å². The molecule has 0 unspecified atom stereocenters. The van der Waals surface area contributed by atoms with Crippen molar-refractivity contribution in [1.29, 1.82) is 0 Å². The van der Waals surface area contributed by atoms with Crippen LogP contribution in [-0.4, -0.2) is 27.7 Å². The Kier molecular flexibility index (Phi) is 5.21. The Balaban J connectivity index is 1.55. The van der Waals surface area contributed by atoms with Gasteiger partial charge in [-0.1, -0.05) is 30.3 Å². The SMILES string of the molecule is C/C(=N/NC(=O)CNc1ccccc1)c1ccc(-n2ccnc2)cc1. The second kappa shape index (κ2) is 7.92. The zero-order chi connectivity index (χ0) is 17.5. The van der Waals surface area contributed by atoms with Crippen LogP contribution >= 0.6 is 0 Å². The molecule has 0 aliphatic carbocycles. The van der Waals surface area contributed by atoms with Crippen LogP contribution in [0.15, 0.2) is 78.4 Å². The predicted molar refractivity (Wildman–Crippen MR) is 98.8 cm³/mol. The first-order valence-corrected chi connectivity index (χ1v) is 7.93. The third kappa shape index (κ3) is 4.54. The van der Waals surface area contributed by atoms with Crippen molar-refractivity contribution in [3.8, 4) is 5.69 Å². The van der Waals surface area contributed by atoms with Crippen molar-refractivity contribution in [3.63, 3.8) is 0 Å². The summed E-state index contributed by atoms with van der Waals surface area (Å²) in [6.45, 7) is 2.03. The molecule has 1 aromatic heterocycles. The van der Waals surface area contributed by atoms with Gasteiger partial charge in [0.15, 0.2) is 0 Å². The molecule has 2 aromatic carbocycles. The van der Waals surface area contributed by atoms with E-state index in [0.717, 1.165) is 22.6 Å². The maximum atomic E-state index is 11.9. The van der Waals surface area contributed by atoms with E-state index in [1.807, 2.05) is 72.3 Å². The number of aromatic nitrogens is 2. The predicted octanol–water partition coefficient (Wildman–Crippen LogP) is 2.82. The van der Waals surface area contributed by atoms with Crippen LogP contribution in [0.4, 0.5) is 5.69 Å². The van der Waals surface area contributed by atoms with Crippen molar-refractivity contribution < 1.29 is 4.79 Å². The van der Waals surface area contributed by atoms with Crippen LogP contribution in [0.1, 0.15) is 12.5 Å². The van der Waals surface area contributed by atoms with E-state index in [-0.39, 0.29) is 12.5 Å². The average Bonchev–Trinajstić information content (AvgIpc) is 3.20. The minimum Gasteiger partial charge on any atom is -0.376 e. The monoisotopic (exact) mass is 333 g/mol. The molecule has 2 N–H and O–H groups in total. The van der Waals surface area contributed by atoms with Crippen molar-refractivity contribution in [3.05, 3.63) is 78.9 Å². The molecule has 0 spiro atoms. The summed E-state index contributed by atoms with van der Waals surface area (Å²) < 4.78 is 1.92. The minimum absolute atomic E-state index is 0.167. The van der Waals surface area contributed by atoms with Gasteiger partial charge in [0.05, 0.1) is 18.6 Å². The van der Waals surface area contributed by atoms with Gasteiger partial charge in [-0.25, -0.2) is 10.4 Å². The van der Waals surface area contributed by atoms with Crippen LogP contribution in [-0.2, 0) is 4.79 Å². The lowest BCUT2D eigenvalue weighted by Crippen LogP contribution is -2.26. The molecule has 6 heteroatoms. The number of rotatable bonds is 6. The maximum absolute atomic E-state index is 11.9. The van der Waals surface area contributed by atoms with Crippen molar-refractivity contribution in [1.82, 2.24) is 15.0 Å². The Bertz CT molecular complexity index is 839. The summed E-state index contributed by atoms with van der Waals surface area (Å²) in [6, 6.07) is 17.4. The fraction of sp³-hybridized carbons (Fsp3) is 0.105. The quantitative estimate of drug-likeness (QED) is 0.538. The summed E-state index contributed by atoms with van der Waals surface area (Å²) in [6.07, 6.45) is 5.37. The zero-order valence-corrected chi connectivity index (χ0v) is 13.9. The minimum atomic E-state index is -0.196. The molecule has 0 aliphatic heterocycles. The van der Waals surface area contributed by atoms with Crippen LogP contribution in [0.25, 0.3) is 5.69 Å². The number of nitrogens with one attached hydrogen (secondary N) is 2. The Morgan fingerprint density at radius 2 is 1.88 bits per heavy atom. The fourth-order valence-electron chi connectivity index (χ4n) is 2.28. The number of benzene rings is 2. The van der Waals surface area contributed by atoms with E-state index in [1.165, 1.54) is 0 Å². The summed E-state index contributed by atoms with van der Waals surface area (Å²) in [4.78, 5) is 15.9. The molecule has 0 saturated heterocycles. The molecule has 3 aromatic rings. The van der Waals surface area contributed by atoms with Gasteiger partial charge in [0.2, 0.25) is 0 Å². The van der Waals surface area contributed by atoms with Gasteiger partial charge < -0.3 is 9.88 Å². The van der Waals surface area contributed by atoms with Crippen LogP contribution in [0, 0.1) is 0 Å². The molecule has 25 heavy (non-hydrogen) atoms. The first-order chi connectivity index (χ1) is 12.2. The van der Waals surface area contributed by atoms with Crippen LogP contribution in [0.2, 0.25) is 0 Å². The van der Waals surface area contributed by atoms with E-state index < -0.39 is 0 Å². The lowest BCUT2D eigenvalue weighted by molar-refractivity contribution is -0.119. The third-order valence-electron chi connectivity index (χ3n) is 3.66. The maximum Gasteiger partial charge on any atom is 0.259 e. The molecule has 1 amide bonds. The molecule has 126 valence electrons. The number of imidazole rings is 1. The van der Waals surface area contributed by atoms with Gasteiger partial charge in [-0.15, -0.1) is 0 Å². The number of nitrogens with zero attached hydrogens (tertiary/aromatic N) is 3. The van der Waals surface area contributed by atoms with Crippen molar-refractivity contribution in [2.75, 3.05) is 11.9 Å². The standard InChI is InChI=1S/C19H19N5O/c1-15(16-7-9-18(10-8-16)24-12-11-20-14-24)22-23-19(25)13-21-17-5-3-2-4-6-17/h2-12,14,21H,13H2,1H3,(H,23,25)/b22-15-. The lowest BCUT2D eigenvalue weighted by atomic mass is 10.1. The van der Waals surface area contributed by atoms with E-state index in [2.05, 4.69) is 20.8 Å². The second-order valence-electron chi connectivity index (χ2n) is 5.47. The Morgan fingerprint density at radius 1 is 1.12 bits per heavy atom. The highest BCUT2D eigenvalue weighted by molar-refractivity contribution is 5.99. The highest BCUT2D eigenvalue weighted by Gasteiger charge is 2.02. The van der Waals surface area contributed by atoms with Gasteiger partial charge in [0.25, 0.3) is 5.91 Å². The van der Waals surface area contributed by atoms with Crippen LogP contribution in [0.5, 0.6) is 0 Å². The number of hydrogen-bond acceptors (Lipinski definition) is 4. The molecule has 0 saturated carbocycles. The summed E-state index contributed by atoms with van der Waals surface area (Å²) in [5, 5.41) is 7.20. The summed E-state index contributed by atoms with van der Waals surface area (Å²) in [5.74, 6) is -0.196. The van der Waals surface area contributed by atoms with Crippen LogP contribution in [0.3, 0.4) is 0 Å². The van der Waals surface area contributed by atoms with Gasteiger partial charge >= 0.3 is 0 Å². The molecule has 0 aliphatic rings. The topological polar surface area (TPSA) is 71.3 Å². The molecular formula is C19H19N5O. The Morgan fingerprint density at radius 3 is 2.56 bits per heavy atom. The molecule has 1 heterocycles. The normalized spacial score (nSPS) is 11.2. The molecule has 0 radical (unpaired) electrons. The van der Waals surface area contributed by atoms with Crippen molar-refractivity contribution in [2.45, 2.75) is 6.92 Å². The number of para-hydroxylation sites is 1. The van der Waals surface area contributed by atoms with E-state index >= 15 is 0 Å². The molecule has 6 nitrogen and oxygen atoms in total. The molecule has 3 rings (SSSR count). The molecule has 0 bridgehead atoms. The van der Waals surface area contributed by atoms with Gasteiger partial charge in [-0.2, -0.15) is 5.10 Å². The van der Waals surface area contributed by atoms with Crippen LogP contribution < -0.4 is 10.7 Å². The summed E-state index contributed by atoms with van der Waals surface area (Å²) in [5.41, 5.74) is 6.17. The number of hydrogen-bond donors (Lipinski definition) is 2. The third-order valence-corrected chi connectivity index (χ3v) is 3.66. The van der Waals surface area contributed by atoms with Gasteiger partial charge in [0.1, 0.15) is 0 Å². The highest BCUT2D eigenvalue weighted by atomic mass is 16.2. The lowest BCUT2D eigenvalue weighted by Gasteiger charge is -2.07. The number of carbonyl (C=O) groups excluding carboxylic acids is 1. The smallest absolute Gasteiger partial charge is 0.259 e. The van der Waals surface area contributed by atoms with E-state index in [1.54, 1.807) is 12.5 Å². The summed E-state index contributed by atoms with van der Waals surface area (Å²) >= 11 is 0. The van der Waals surface area contributed by atoms with Gasteiger partial charge in [-0.05, 0) is 36.8 Å². The molecular weight excluding hydrogens is 314 g/mol. The first-order valence-electron chi connectivity index (χ1n) is 7.93. The number of amides is 1. The second-order valence-corrected chi connectivity index (χ2v) is 5.47. The van der Waals surface area contributed by atoms with Gasteiger partial charge in [-0.3, -0.25) is 4.79 Å². The van der Waals surface area contributed by atoms with Crippen molar-refractivity contribution in [2.24, 2.45) is 5.10 Å². The average molecular weight is 333 g/mol. The largest absolute Gasteiger partial charge is 0.376 e. The summed E-state index contributed by atoms with van der Waals surface area (Å²) in [7, 11) is 0. The van der Waals surface area contributed by atoms with E-state index in [0.29, 0.717) is 0 Å².